The highest BCUT2D eigenvalue weighted by atomic mass is 16.6. The summed E-state index contributed by atoms with van der Waals surface area (Å²) in [5, 5.41) is 14.8. The molecule has 0 aliphatic carbocycles. The molecule has 0 amide bonds. The van der Waals surface area contributed by atoms with Crippen LogP contribution in [0.4, 0.5) is 5.69 Å². The van der Waals surface area contributed by atoms with Crippen LogP contribution in [0.1, 0.15) is 17.4 Å². The Balaban J connectivity index is 1.44. The van der Waals surface area contributed by atoms with Gasteiger partial charge in [-0.1, -0.05) is 35.5 Å². The third-order valence-electron chi connectivity index (χ3n) is 5.21. The Bertz CT molecular complexity index is 942. The first kappa shape index (κ1) is 18.3. The van der Waals surface area contributed by atoms with Gasteiger partial charge in [-0.15, -0.1) is 0 Å². The van der Waals surface area contributed by atoms with Crippen molar-refractivity contribution in [1.82, 2.24) is 15.0 Å². The first-order valence-electron chi connectivity index (χ1n) is 9.19. The summed E-state index contributed by atoms with van der Waals surface area (Å²) in [5.74, 6) is 1.74. The molecular formula is C20H21N5O3. The Morgan fingerprint density at radius 2 is 1.89 bits per heavy atom. The van der Waals surface area contributed by atoms with E-state index in [4.69, 9.17) is 10.3 Å². The van der Waals surface area contributed by atoms with Crippen molar-refractivity contribution >= 4 is 5.69 Å². The number of nitro groups is 1. The van der Waals surface area contributed by atoms with E-state index in [1.165, 1.54) is 17.7 Å². The van der Waals surface area contributed by atoms with E-state index < -0.39 is 4.92 Å². The molecule has 2 heterocycles. The summed E-state index contributed by atoms with van der Waals surface area (Å²) < 4.78 is 5.40. The Morgan fingerprint density at radius 3 is 2.57 bits per heavy atom. The normalized spacial score (nSPS) is 19.8. The highest BCUT2D eigenvalue weighted by molar-refractivity contribution is 5.56. The first-order chi connectivity index (χ1) is 13.6. The van der Waals surface area contributed by atoms with Crippen molar-refractivity contribution in [2.24, 2.45) is 11.7 Å². The summed E-state index contributed by atoms with van der Waals surface area (Å²) in [5.41, 5.74) is 8.02. The van der Waals surface area contributed by atoms with E-state index in [-0.39, 0.29) is 5.69 Å². The van der Waals surface area contributed by atoms with Crippen LogP contribution in [0.2, 0.25) is 0 Å². The fourth-order valence-electron chi connectivity index (χ4n) is 3.77. The molecule has 0 radical (unpaired) electrons. The number of hydrogen-bond acceptors (Lipinski definition) is 7. The molecule has 0 unspecified atom stereocenters. The minimum atomic E-state index is -0.435. The molecule has 0 spiro atoms. The van der Waals surface area contributed by atoms with Crippen LogP contribution in [0.15, 0.2) is 59.1 Å². The van der Waals surface area contributed by atoms with Crippen LogP contribution in [-0.2, 0) is 6.54 Å². The molecule has 1 aliphatic heterocycles. The van der Waals surface area contributed by atoms with Gasteiger partial charge in [0.2, 0.25) is 11.7 Å². The minimum absolute atomic E-state index is 0.0318. The van der Waals surface area contributed by atoms with Gasteiger partial charge in [-0.05, 0) is 30.2 Å². The average molecular weight is 379 g/mol. The maximum atomic E-state index is 10.8. The van der Waals surface area contributed by atoms with Gasteiger partial charge in [0, 0.05) is 36.7 Å². The summed E-state index contributed by atoms with van der Waals surface area (Å²) in [6, 6.07) is 16.5. The van der Waals surface area contributed by atoms with Gasteiger partial charge in [0.1, 0.15) is 0 Å². The third kappa shape index (κ3) is 3.78. The summed E-state index contributed by atoms with van der Waals surface area (Å²) in [4.78, 5) is 17.1. The molecule has 4 rings (SSSR count). The van der Waals surface area contributed by atoms with Crippen LogP contribution in [0.25, 0.3) is 11.4 Å². The van der Waals surface area contributed by atoms with Gasteiger partial charge in [-0.3, -0.25) is 15.0 Å². The number of benzene rings is 2. The van der Waals surface area contributed by atoms with E-state index >= 15 is 0 Å². The maximum Gasteiger partial charge on any atom is 0.269 e. The van der Waals surface area contributed by atoms with Crippen LogP contribution in [0, 0.1) is 16.0 Å². The zero-order valence-electron chi connectivity index (χ0n) is 15.3. The number of aromatic nitrogens is 2. The number of non-ortho nitro benzene ring substituents is 1. The van der Waals surface area contributed by atoms with Crippen molar-refractivity contribution in [1.29, 1.82) is 0 Å². The largest absolute Gasteiger partial charge is 0.338 e. The van der Waals surface area contributed by atoms with E-state index in [0.29, 0.717) is 42.2 Å². The van der Waals surface area contributed by atoms with E-state index in [9.17, 15) is 10.1 Å². The lowest BCUT2D eigenvalue weighted by Crippen LogP contribution is -2.23. The van der Waals surface area contributed by atoms with Crippen molar-refractivity contribution in [2.45, 2.75) is 12.5 Å². The fraction of sp³-hybridized carbons (Fsp3) is 0.300. The van der Waals surface area contributed by atoms with Gasteiger partial charge >= 0.3 is 0 Å². The Labute approximate surface area is 162 Å². The van der Waals surface area contributed by atoms with Gasteiger partial charge in [0.25, 0.3) is 5.69 Å². The molecule has 8 heteroatoms. The molecule has 2 N–H and O–H groups in total. The van der Waals surface area contributed by atoms with Crippen molar-refractivity contribution in [3.05, 3.63) is 76.2 Å². The molecule has 1 aromatic heterocycles. The summed E-state index contributed by atoms with van der Waals surface area (Å²) in [6.45, 7) is 2.96. The van der Waals surface area contributed by atoms with Crippen molar-refractivity contribution in [2.75, 3.05) is 19.6 Å². The van der Waals surface area contributed by atoms with Gasteiger partial charge in [0.15, 0.2) is 0 Å². The fourth-order valence-corrected chi connectivity index (χ4v) is 3.77. The smallest absolute Gasteiger partial charge is 0.269 e. The SMILES string of the molecule is NC[C@@H]1CN(Cc2nc(-c3ccc([N+](=O)[O-])cc3)no2)C[C@H]1c1ccccc1. The van der Waals surface area contributed by atoms with Crippen molar-refractivity contribution < 1.29 is 9.45 Å². The molecule has 2 aromatic carbocycles. The Morgan fingerprint density at radius 1 is 1.14 bits per heavy atom. The first-order valence-corrected chi connectivity index (χ1v) is 9.19. The maximum absolute atomic E-state index is 10.8. The standard InChI is InChI=1S/C20H21N5O3/c21-10-16-11-24(12-18(16)14-4-2-1-3-5-14)13-19-22-20(23-28-19)15-6-8-17(9-7-15)25(26)27/h1-9,16,18H,10-13,21H2/t16-,18+/m1/s1. The average Bonchev–Trinajstić information content (AvgIpc) is 3.36. The number of hydrogen-bond donors (Lipinski definition) is 1. The lowest BCUT2D eigenvalue weighted by Gasteiger charge is -2.16. The summed E-state index contributed by atoms with van der Waals surface area (Å²) >= 11 is 0. The van der Waals surface area contributed by atoms with Gasteiger partial charge in [-0.2, -0.15) is 4.98 Å². The van der Waals surface area contributed by atoms with Crippen LogP contribution >= 0.6 is 0 Å². The molecule has 1 fully saturated rings. The van der Waals surface area contributed by atoms with Crippen molar-refractivity contribution in [3.63, 3.8) is 0 Å². The molecule has 0 bridgehead atoms. The van der Waals surface area contributed by atoms with Gasteiger partial charge in [-0.25, -0.2) is 0 Å². The third-order valence-corrected chi connectivity index (χ3v) is 5.21. The summed E-state index contributed by atoms with van der Waals surface area (Å²) in [6.07, 6.45) is 0. The van der Waals surface area contributed by atoms with E-state index in [2.05, 4.69) is 39.3 Å². The number of likely N-dealkylation sites (tertiary alicyclic amines) is 1. The second-order valence-electron chi connectivity index (χ2n) is 7.02. The molecule has 3 aromatic rings. The van der Waals surface area contributed by atoms with Crippen LogP contribution in [0.5, 0.6) is 0 Å². The Hall–Kier alpha value is -3.10. The number of rotatable bonds is 6. The molecule has 28 heavy (non-hydrogen) atoms. The lowest BCUT2D eigenvalue weighted by molar-refractivity contribution is -0.384. The number of nitrogens with zero attached hydrogens (tertiary/aromatic N) is 4. The molecule has 8 nitrogen and oxygen atoms in total. The van der Waals surface area contributed by atoms with Crippen LogP contribution in [-0.4, -0.2) is 39.6 Å². The summed E-state index contributed by atoms with van der Waals surface area (Å²) in [7, 11) is 0. The van der Waals surface area contributed by atoms with E-state index in [1.807, 2.05) is 6.07 Å². The molecule has 2 atom stereocenters. The quantitative estimate of drug-likeness (QED) is 0.518. The van der Waals surface area contributed by atoms with Gasteiger partial charge in [0.05, 0.1) is 11.5 Å². The predicted molar refractivity (Wildman–Crippen MR) is 103 cm³/mol. The molecule has 144 valence electrons. The molecule has 1 saturated heterocycles. The highest BCUT2D eigenvalue weighted by Crippen LogP contribution is 2.32. The second kappa shape index (κ2) is 7.87. The van der Waals surface area contributed by atoms with Crippen LogP contribution in [0.3, 0.4) is 0 Å². The van der Waals surface area contributed by atoms with Crippen LogP contribution < -0.4 is 5.73 Å². The molecule has 0 saturated carbocycles. The zero-order valence-corrected chi connectivity index (χ0v) is 15.3. The highest BCUT2D eigenvalue weighted by Gasteiger charge is 2.33. The second-order valence-corrected chi connectivity index (χ2v) is 7.02. The Kier molecular flexibility index (Phi) is 5.14. The van der Waals surface area contributed by atoms with E-state index in [0.717, 1.165) is 13.1 Å². The van der Waals surface area contributed by atoms with Gasteiger partial charge < -0.3 is 10.3 Å². The molecular weight excluding hydrogens is 358 g/mol. The number of nitro benzene ring substituents is 1. The topological polar surface area (TPSA) is 111 Å². The zero-order chi connectivity index (χ0) is 19.5. The minimum Gasteiger partial charge on any atom is -0.338 e. The number of nitrogens with two attached hydrogens (primary N) is 1. The molecule has 1 aliphatic rings. The van der Waals surface area contributed by atoms with Crippen molar-refractivity contribution in [3.8, 4) is 11.4 Å². The predicted octanol–water partition coefficient (Wildman–Crippen LogP) is 2.82. The monoisotopic (exact) mass is 379 g/mol. The lowest BCUT2D eigenvalue weighted by atomic mass is 9.89. The van der Waals surface area contributed by atoms with E-state index in [1.54, 1.807) is 12.1 Å².